The van der Waals surface area contributed by atoms with E-state index in [9.17, 15) is 4.21 Å². The Bertz CT molecular complexity index is 2980. The SMILES string of the molecule is O=S(c1ccc(N2c3cccc[c]3[Ge]([c]3ccccc3)([c]3ccccc3)[c]3ccccc32)cc1)c1ccc(N2c3cccc[c]3[Ge]([c]3ccccc3)([c]3ccccc3)[c]3ccccc32)cc1. The van der Waals surface area contributed by atoms with Gasteiger partial charge in [0.2, 0.25) is 0 Å². The van der Waals surface area contributed by atoms with E-state index in [0.29, 0.717) is 0 Å². The van der Waals surface area contributed by atoms with Crippen LogP contribution < -0.4 is 45.0 Å². The van der Waals surface area contributed by atoms with Crippen molar-refractivity contribution in [3.63, 3.8) is 0 Å². The van der Waals surface area contributed by atoms with Crippen molar-refractivity contribution < 1.29 is 4.21 Å². The van der Waals surface area contributed by atoms with E-state index in [1.165, 1.54) is 57.9 Å². The monoisotopic (exact) mass is 988 g/mol. The van der Waals surface area contributed by atoms with Crippen LogP contribution in [0.3, 0.4) is 0 Å². The molecule has 0 saturated heterocycles. The van der Waals surface area contributed by atoms with Crippen LogP contribution in [0, 0.1) is 0 Å². The maximum absolute atomic E-state index is 14.5. The average molecular weight is 986 g/mol. The molecule has 0 amide bonds. The summed E-state index contributed by atoms with van der Waals surface area (Å²) in [4.78, 5) is 6.35. The van der Waals surface area contributed by atoms with Gasteiger partial charge in [-0.05, 0) is 0 Å². The Balaban J connectivity index is 0.905. The Labute approximate surface area is 394 Å². The molecule has 2 aliphatic rings. The second-order valence-corrected chi connectivity index (χ2v) is 34.1. The summed E-state index contributed by atoms with van der Waals surface area (Å²) >= 11 is -6.94. The summed E-state index contributed by atoms with van der Waals surface area (Å²) in [6.45, 7) is 0. The van der Waals surface area contributed by atoms with Crippen LogP contribution in [0.2, 0.25) is 0 Å². The van der Waals surface area contributed by atoms with E-state index in [-0.39, 0.29) is 0 Å². The van der Waals surface area contributed by atoms with Gasteiger partial charge in [-0.3, -0.25) is 0 Å². The summed E-state index contributed by atoms with van der Waals surface area (Å²) in [5.41, 5.74) is 6.87. The van der Waals surface area contributed by atoms with Crippen LogP contribution in [-0.2, 0) is 10.8 Å². The van der Waals surface area contributed by atoms with Gasteiger partial charge < -0.3 is 0 Å². The second kappa shape index (κ2) is 16.8. The van der Waals surface area contributed by atoms with Crippen LogP contribution in [0.4, 0.5) is 34.1 Å². The Morgan fingerprint density at radius 1 is 0.258 bits per heavy atom. The molecule has 2 aliphatic heterocycles. The zero-order valence-corrected chi connectivity index (χ0v) is 41.1. The van der Waals surface area contributed by atoms with E-state index >= 15 is 0 Å². The van der Waals surface area contributed by atoms with E-state index in [1.807, 2.05) is 24.3 Å². The molecule has 0 saturated carbocycles. The van der Waals surface area contributed by atoms with Gasteiger partial charge in [0.15, 0.2) is 0 Å². The summed E-state index contributed by atoms with van der Waals surface area (Å²) in [6.07, 6.45) is 0. The molecule has 3 nitrogen and oxygen atoms in total. The summed E-state index contributed by atoms with van der Waals surface area (Å²) in [5.74, 6) is 0. The molecule has 0 radical (unpaired) electrons. The zero-order valence-electron chi connectivity index (χ0n) is 36.1. The molecule has 0 aliphatic carbocycles. The zero-order chi connectivity index (χ0) is 44.1. The predicted octanol–water partition coefficient (Wildman–Crippen LogP) is 9.17. The normalized spacial score (nSPS) is 14.1. The molecular formula is C60H44Ge2N2OS. The van der Waals surface area contributed by atoms with E-state index in [2.05, 4.69) is 252 Å². The van der Waals surface area contributed by atoms with Crippen molar-refractivity contribution in [1.82, 2.24) is 0 Å². The Morgan fingerprint density at radius 3 is 0.742 bits per heavy atom. The molecule has 0 bridgehead atoms. The number of anilines is 6. The van der Waals surface area contributed by atoms with Gasteiger partial charge in [0.25, 0.3) is 0 Å². The summed E-state index contributed by atoms with van der Waals surface area (Å²) in [5, 5.41) is 0. The van der Waals surface area contributed by atoms with Crippen molar-refractivity contribution in [2.24, 2.45) is 0 Å². The maximum atomic E-state index is 14.5. The van der Waals surface area contributed by atoms with Crippen molar-refractivity contribution in [3.8, 4) is 0 Å². The first-order valence-corrected chi connectivity index (χ1v) is 32.1. The number of rotatable bonds is 8. The molecule has 0 spiro atoms. The Morgan fingerprint density at radius 2 is 0.485 bits per heavy atom. The third kappa shape index (κ3) is 6.27. The summed E-state index contributed by atoms with van der Waals surface area (Å²) in [6, 6.07) is 97.3. The fraction of sp³-hybridized carbons (Fsp3) is 0. The summed E-state index contributed by atoms with van der Waals surface area (Å²) < 4.78 is 25.7. The average Bonchev–Trinajstić information content (AvgIpc) is 3.40. The van der Waals surface area contributed by atoms with Crippen molar-refractivity contribution in [3.05, 3.63) is 267 Å². The first kappa shape index (κ1) is 40.5. The fourth-order valence-electron chi connectivity index (χ4n) is 11.0. The first-order chi connectivity index (χ1) is 32.7. The van der Waals surface area contributed by atoms with E-state index < -0.39 is 37.3 Å². The van der Waals surface area contributed by atoms with E-state index in [0.717, 1.165) is 21.2 Å². The van der Waals surface area contributed by atoms with E-state index in [1.54, 1.807) is 0 Å². The molecule has 10 aromatic rings. The van der Waals surface area contributed by atoms with E-state index in [4.69, 9.17) is 0 Å². The van der Waals surface area contributed by atoms with Crippen molar-refractivity contribution >= 4 is 107 Å². The molecule has 0 aromatic heterocycles. The van der Waals surface area contributed by atoms with Gasteiger partial charge in [0.05, 0.1) is 0 Å². The summed E-state index contributed by atoms with van der Waals surface area (Å²) in [7, 11) is -1.40. The Hall–Kier alpha value is -6.96. The first-order valence-electron chi connectivity index (χ1n) is 22.5. The Kier molecular flexibility index (Phi) is 10.3. The standard InChI is InChI=1S/C60H44Ge2N2OS/c65-66(51-41-37-49(38-42-51)63-57-33-17-13-29-53(57)61(45-21-5-1-6-22-45,46-23-7-2-8-24-46)54-30-14-18-34-58(54)63)52-43-39-50(40-44-52)64-59-35-19-15-31-55(59)62(47-25-9-3-10-26-47,48-27-11-4-12-28-48)56-32-16-20-36-60(56)64/h1-44H. The molecule has 6 heteroatoms. The van der Waals surface area contributed by atoms with Gasteiger partial charge in [-0.25, -0.2) is 0 Å². The van der Waals surface area contributed by atoms with Crippen LogP contribution >= 0.6 is 0 Å². The van der Waals surface area contributed by atoms with Crippen molar-refractivity contribution in [1.29, 1.82) is 0 Å². The number of para-hydroxylation sites is 4. The van der Waals surface area contributed by atoms with Gasteiger partial charge in [0, 0.05) is 0 Å². The molecule has 0 N–H and O–H groups in total. The third-order valence-electron chi connectivity index (χ3n) is 13.6. The van der Waals surface area contributed by atoms with Crippen LogP contribution in [-0.4, -0.2) is 30.7 Å². The van der Waals surface area contributed by atoms with Crippen LogP contribution in [0.25, 0.3) is 0 Å². The minimum absolute atomic E-state index is 0.767. The second-order valence-electron chi connectivity index (χ2n) is 17.0. The van der Waals surface area contributed by atoms with Gasteiger partial charge in [-0.1, -0.05) is 0 Å². The molecular weight excluding hydrogens is 942 g/mol. The number of fused-ring (bicyclic) bond motifs is 4. The van der Waals surface area contributed by atoms with Crippen LogP contribution in [0.15, 0.2) is 277 Å². The van der Waals surface area contributed by atoms with Gasteiger partial charge in [-0.2, -0.15) is 0 Å². The van der Waals surface area contributed by atoms with Gasteiger partial charge >= 0.3 is 397 Å². The molecule has 2 heterocycles. The quantitative estimate of drug-likeness (QED) is 0.142. The fourth-order valence-corrected chi connectivity index (χ4v) is 33.4. The molecule has 314 valence electrons. The number of benzene rings is 10. The topological polar surface area (TPSA) is 23.6 Å². The molecule has 0 fully saturated rings. The van der Waals surface area contributed by atoms with Gasteiger partial charge in [-0.15, -0.1) is 0 Å². The molecule has 66 heavy (non-hydrogen) atoms. The molecule has 12 rings (SSSR count). The molecule has 10 aromatic carbocycles. The molecule has 0 atom stereocenters. The number of hydrogen-bond donors (Lipinski definition) is 0. The molecule has 0 unspecified atom stereocenters. The number of hydrogen-bond acceptors (Lipinski definition) is 3. The van der Waals surface area contributed by atoms with Crippen molar-refractivity contribution in [2.45, 2.75) is 9.79 Å². The third-order valence-corrected chi connectivity index (χ3v) is 35.4. The van der Waals surface area contributed by atoms with Gasteiger partial charge in [0.1, 0.15) is 0 Å². The minimum atomic E-state index is -3.47. The van der Waals surface area contributed by atoms with Crippen molar-refractivity contribution in [2.75, 3.05) is 9.80 Å². The predicted molar refractivity (Wildman–Crippen MR) is 281 cm³/mol. The van der Waals surface area contributed by atoms with Crippen LogP contribution in [0.1, 0.15) is 0 Å². The van der Waals surface area contributed by atoms with Crippen LogP contribution in [0.5, 0.6) is 0 Å². The number of nitrogens with zero attached hydrogens (tertiary/aromatic N) is 2.